The second-order valence-corrected chi connectivity index (χ2v) is 7.07. The Hall–Kier alpha value is -1.08. The minimum absolute atomic E-state index is 0.0450. The Kier molecular flexibility index (Phi) is 4.98. The molecule has 1 atom stereocenters. The molecule has 0 fully saturated rings. The summed E-state index contributed by atoms with van der Waals surface area (Å²) >= 11 is 0. The molecular formula is C12H24N4O2S. The molecule has 1 unspecified atom stereocenters. The fourth-order valence-corrected chi connectivity index (χ4v) is 3.52. The highest BCUT2D eigenvalue weighted by molar-refractivity contribution is 7.89. The molecule has 1 aromatic rings. The van der Waals surface area contributed by atoms with E-state index in [0.717, 1.165) is 12.8 Å². The molecule has 6 nitrogen and oxygen atoms in total. The van der Waals surface area contributed by atoms with E-state index >= 15 is 0 Å². The normalized spacial score (nSPS) is 14.0. The predicted octanol–water partition coefficient (Wildman–Crippen LogP) is 1.41. The van der Waals surface area contributed by atoms with E-state index in [1.807, 2.05) is 6.92 Å². The average molecular weight is 288 g/mol. The van der Waals surface area contributed by atoms with Crippen LogP contribution >= 0.6 is 0 Å². The third kappa shape index (κ3) is 3.94. The lowest BCUT2D eigenvalue weighted by molar-refractivity contribution is 0.485. The van der Waals surface area contributed by atoms with Crippen molar-refractivity contribution < 1.29 is 8.42 Å². The summed E-state index contributed by atoms with van der Waals surface area (Å²) in [5.41, 5.74) is 6.22. The molecule has 1 heterocycles. The first-order valence-electron chi connectivity index (χ1n) is 6.46. The molecule has 1 rings (SSSR count). The Morgan fingerprint density at radius 2 is 1.89 bits per heavy atom. The second-order valence-electron chi connectivity index (χ2n) is 5.42. The van der Waals surface area contributed by atoms with Gasteiger partial charge in [0, 0.05) is 13.1 Å². The van der Waals surface area contributed by atoms with Crippen molar-refractivity contribution >= 4 is 15.8 Å². The molecule has 0 aliphatic carbocycles. The van der Waals surface area contributed by atoms with Gasteiger partial charge in [0.15, 0.2) is 5.82 Å². The monoisotopic (exact) mass is 288 g/mol. The largest absolute Gasteiger partial charge is 0.381 e. The van der Waals surface area contributed by atoms with Crippen LogP contribution in [0.5, 0.6) is 0 Å². The van der Waals surface area contributed by atoms with E-state index in [9.17, 15) is 8.42 Å². The molecule has 0 radical (unpaired) electrons. The molecule has 0 aromatic carbocycles. The van der Waals surface area contributed by atoms with Crippen molar-refractivity contribution in [3.05, 3.63) is 5.69 Å². The van der Waals surface area contributed by atoms with Crippen molar-refractivity contribution in [3.8, 4) is 0 Å². The van der Waals surface area contributed by atoms with Crippen LogP contribution in [0.3, 0.4) is 0 Å². The maximum absolute atomic E-state index is 12.3. The van der Waals surface area contributed by atoms with Crippen LogP contribution in [0.4, 0.5) is 5.82 Å². The summed E-state index contributed by atoms with van der Waals surface area (Å²) in [5, 5.41) is 3.93. The van der Waals surface area contributed by atoms with E-state index in [2.05, 4.69) is 23.7 Å². The van der Waals surface area contributed by atoms with Crippen LogP contribution in [0.1, 0.15) is 39.3 Å². The Bertz CT molecular complexity index is 534. The van der Waals surface area contributed by atoms with Gasteiger partial charge in [0.25, 0.3) is 0 Å². The Labute approximate surface area is 115 Å². The van der Waals surface area contributed by atoms with Crippen LogP contribution in [0.2, 0.25) is 0 Å². The lowest BCUT2D eigenvalue weighted by Gasteiger charge is -2.15. The zero-order chi connectivity index (χ0) is 14.8. The van der Waals surface area contributed by atoms with E-state index in [1.54, 1.807) is 14.0 Å². The molecular weight excluding hydrogens is 264 g/mol. The summed E-state index contributed by atoms with van der Waals surface area (Å²) < 4.78 is 28.7. The van der Waals surface area contributed by atoms with Gasteiger partial charge in [-0.05, 0) is 32.6 Å². The summed E-state index contributed by atoms with van der Waals surface area (Å²) in [4.78, 5) is 0.0893. The highest BCUT2D eigenvalue weighted by atomic mass is 32.2. The van der Waals surface area contributed by atoms with E-state index in [0.29, 0.717) is 11.6 Å². The molecule has 19 heavy (non-hydrogen) atoms. The fraction of sp³-hybridized carbons (Fsp3) is 0.750. The van der Waals surface area contributed by atoms with E-state index in [1.165, 1.54) is 4.68 Å². The summed E-state index contributed by atoms with van der Waals surface area (Å²) in [6.45, 7) is 7.79. The molecule has 0 aliphatic heterocycles. The number of nitrogen functional groups attached to an aromatic ring is 1. The van der Waals surface area contributed by atoms with Gasteiger partial charge in [-0.3, -0.25) is 4.68 Å². The average Bonchev–Trinajstić information content (AvgIpc) is 2.49. The molecule has 3 N–H and O–H groups in total. The highest BCUT2D eigenvalue weighted by Gasteiger charge is 2.25. The van der Waals surface area contributed by atoms with Gasteiger partial charge in [0.2, 0.25) is 10.0 Å². The zero-order valence-corrected chi connectivity index (χ0v) is 13.1. The third-order valence-corrected chi connectivity index (χ3v) is 4.86. The van der Waals surface area contributed by atoms with Gasteiger partial charge in [-0.1, -0.05) is 13.8 Å². The number of anilines is 1. The first-order chi connectivity index (χ1) is 8.65. The van der Waals surface area contributed by atoms with Crippen molar-refractivity contribution in [3.63, 3.8) is 0 Å². The van der Waals surface area contributed by atoms with Crippen molar-refractivity contribution in [2.24, 2.45) is 13.0 Å². The fourth-order valence-electron chi connectivity index (χ4n) is 1.91. The number of aryl methyl sites for hydroxylation is 1. The van der Waals surface area contributed by atoms with Gasteiger partial charge >= 0.3 is 0 Å². The Balaban J connectivity index is 2.87. The first-order valence-corrected chi connectivity index (χ1v) is 7.95. The molecule has 1 aromatic heterocycles. The summed E-state index contributed by atoms with van der Waals surface area (Å²) in [7, 11) is -1.93. The van der Waals surface area contributed by atoms with Gasteiger partial charge in [-0.2, -0.15) is 5.10 Å². The molecule has 110 valence electrons. The van der Waals surface area contributed by atoms with Gasteiger partial charge < -0.3 is 5.73 Å². The van der Waals surface area contributed by atoms with Crippen LogP contribution in [0.25, 0.3) is 0 Å². The minimum atomic E-state index is -3.61. The van der Waals surface area contributed by atoms with Crippen LogP contribution < -0.4 is 10.5 Å². The van der Waals surface area contributed by atoms with Gasteiger partial charge in [-0.25, -0.2) is 13.1 Å². The van der Waals surface area contributed by atoms with Crippen molar-refractivity contribution in [2.45, 2.75) is 51.5 Å². The summed E-state index contributed by atoms with van der Waals surface area (Å²) in [5.74, 6) is 0.598. The SMILES string of the molecule is Cc1c(S(=O)(=O)NC(C)CCC(C)C)c(N)nn1C. The topological polar surface area (TPSA) is 90.0 Å². The first kappa shape index (κ1) is 16.0. The number of hydrogen-bond acceptors (Lipinski definition) is 4. The molecule has 7 heteroatoms. The molecule has 0 spiro atoms. The van der Waals surface area contributed by atoms with Crippen molar-refractivity contribution in [2.75, 3.05) is 5.73 Å². The van der Waals surface area contributed by atoms with E-state index in [-0.39, 0.29) is 16.8 Å². The second kappa shape index (κ2) is 5.92. The molecule has 0 amide bonds. The summed E-state index contributed by atoms with van der Waals surface area (Å²) in [6.07, 6.45) is 1.78. The number of nitrogens with one attached hydrogen (secondary N) is 1. The number of rotatable bonds is 6. The van der Waals surface area contributed by atoms with E-state index < -0.39 is 10.0 Å². The maximum atomic E-state index is 12.3. The number of nitrogens with zero attached hydrogens (tertiary/aromatic N) is 2. The van der Waals surface area contributed by atoms with Gasteiger partial charge in [-0.15, -0.1) is 0 Å². The quantitative estimate of drug-likeness (QED) is 0.828. The minimum Gasteiger partial charge on any atom is -0.381 e. The molecule has 0 aliphatic rings. The van der Waals surface area contributed by atoms with Gasteiger partial charge in [0.1, 0.15) is 4.90 Å². The smallest absolute Gasteiger partial charge is 0.246 e. The van der Waals surface area contributed by atoms with Gasteiger partial charge in [0.05, 0.1) is 5.69 Å². The number of hydrogen-bond donors (Lipinski definition) is 2. The predicted molar refractivity (Wildman–Crippen MR) is 76.2 cm³/mol. The van der Waals surface area contributed by atoms with E-state index in [4.69, 9.17) is 5.73 Å². The number of nitrogens with two attached hydrogens (primary N) is 1. The van der Waals surface area contributed by atoms with Crippen LogP contribution in [-0.4, -0.2) is 24.2 Å². The highest BCUT2D eigenvalue weighted by Crippen LogP contribution is 2.21. The lowest BCUT2D eigenvalue weighted by Crippen LogP contribution is -2.33. The number of sulfonamides is 1. The van der Waals surface area contributed by atoms with Crippen LogP contribution in [0.15, 0.2) is 4.90 Å². The lowest BCUT2D eigenvalue weighted by atomic mass is 10.1. The molecule has 0 saturated heterocycles. The molecule has 0 saturated carbocycles. The van der Waals surface area contributed by atoms with Crippen molar-refractivity contribution in [1.82, 2.24) is 14.5 Å². The number of aromatic nitrogens is 2. The van der Waals surface area contributed by atoms with Crippen molar-refractivity contribution in [1.29, 1.82) is 0 Å². The Morgan fingerprint density at radius 3 is 2.32 bits per heavy atom. The standard InChI is InChI=1S/C12H24N4O2S/c1-8(2)6-7-9(3)15-19(17,18)11-10(4)16(5)14-12(11)13/h8-9,15H,6-7H2,1-5H3,(H2,13,14). The van der Waals surface area contributed by atoms with Crippen LogP contribution in [0, 0.1) is 12.8 Å². The zero-order valence-electron chi connectivity index (χ0n) is 12.3. The summed E-state index contributed by atoms with van der Waals surface area (Å²) in [6, 6.07) is -0.119. The maximum Gasteiger partial charge on any atom is 0.246 e. The Morgan fingerprint density at radius 1 is 1.32 bits per heavy atom. The molecule has 0 bridgehead atoms. The van der Waals surface area contributed by atoms with Crippen LogP contribution in [-0.2, 0) is 17.1 Å². The third-order valence-electron chi connectivity index (χ3n) is 3.11.